The molecular formula is C25H25BrN2O3S. The molecule has 0 amide bonds. The van der Waals surface area contributed by atoms with Crippen LogP contribution in [0.4, 0.5) is 0 Å². The summed E-state index contributed by atoms with van der Waals surface area (Å²) in [7, 11) is 1.45. The van der Waals surface area contributed by atoms with Gasteiger partial charge in [-0.1, -0.05) is 37.3 Å². The van der Waals surface area contributed by atoms with Crippen LogP contribution in [0.3, 0.4) is 0 Å². The van der Waals surface area contributed by atoms with E-state index >= 15 is 0 Å². The molecule has 0 spiro atoms. The largest absolute Gasteiger partial charge is 0.465 e. The number of hydrogen-bond acceptors (Lipinski definition) is 5. The van der Waals surface area contributed by atoms with Crippen LogP contribution in [0.2, 0.25) is 0 Å². The van der Waals surface area contributed by atoms with Gasteiger partial charge in [-0.25, -0.2) is 4.79 Å². The molecule has 32 heavy (non-hydrogen) atoms. The smallest absolute Gasteiger partial charge is 0.348 e. The monoisotopic (exact) mass is 512 g/mol. The van der Waals surface area contributed by atoms with Crippen LogP contribution in [0.5, 0.6) is 0 Å². The Kier molecular flexibility index (Phi) is 6.05. The minimum atomic E-state index is -0.276. The Labute approximate surface area is 199 Å². The van der Waals surface area contributed by atoms with Gasteiger partial charge in [-0.2, -0.15) is 0 Å². The van der Waals surface area contributed by atoms with Crippen molar-refractivity contribution in [1.82, 2.24) is 9.55 Å². The maximum Gasteiger partial charge on any atom is 0.348 e. The number of aryl methyl sites for hydroxylation is 1. The molecule has 0 saturated carbocycles. The van der Waals surface area contributed by atoms with E-state index in [0.29, 0.717) is 10.8 Å². The molecule has 4 aromatic rings. The average Bonchev–Trinajstić information content (AvgIpc) is 3.35. The standard InChI is InChI=1S/C25H25BrN2O3S/c1-3-18-22-24(32-23(18)25(29)30-2)20-19(13-17(26)14-27-20)28(22)21(15-7-5-4-6-8-15)16-9-11-31-12-10-16/h4-8,13-14,16,21H,3,9-12H2,1-2H3/t21-/m1/s1. The van der Waals surface area contributed by atoms with Gasteiger partial charge in [-0.05, 0) is 52.7 Å². The molecule has 1 aromatic carbocycles. The van der Waals surface area contributed by atoms with E-state index in [1.165, 1.54) is 24.0 Å². The molecule has 0 unspecified atom stereocenters. The number of ether oxygens (including phenoxy) is 2. The highest BCUT2D eigenvalue weighted by Gasteiger charge is 2.33. The Morgan fingerprint density at radius 1 is 1.31 bits per heavy atom. The third-order valence-electron chi connectivity index (χ3n) is 6.38. The maximum absolute atomic E-state index is 12.6. The van der Waals surface area contributed by atoms with Gasteiger partial charge in [-0.15, -0.1) is 11.3 Å². The summed E-state index contributed by atoms with van der Waals surface area (Å²) in [6.45, 7) is 3.65. The highest BCUT2D eigenvalue weighted by Crippen LogP contribution is 2.45. The predicted molar refractivity (Wildman–Crippen MR) is 132 cm³/mol. The van der Waals surface area contributed by atoms with Gasteiger partial charge >= 0.3 is 5.97 Å². The van der Waals surface area contributed by atoms with Crippen LogP contribution in [-0.2, 0) is 15.9 Å². The highest BCUT2D eigenvalue weighted by atomic mass is 79.9. The van der Waals surface area contributed by atoms with E-state index in [1.807, 2.05) is 6.20 Å². The molecule has 7 heteroatoms. The van der Waals surface area contributed by atoms with Gasteiger partial charge in [-0.3, -0.25) is 4.98 Å². The number of carbonyl (C=O) groups is 1. The van der Waals surface area contributed by atoms with Crippen LogP contribution >= 0.6 is 27.3 Å². The van der Waals surface area contributed by atoms with Gasteiger partial charge in [0.15, 0.2) is 0 Å². The minimum Gasteiger partial charge on any atom is -0.465 e. The normalized spacial score (nSPS) is 16.0. The summed E-state index contributed by atoms with van der Waals surface area (Å²) < 4.78 is 15.3. The number of fused-ring (bicyclic) bond motifs is 3. The molecule has 166 valence electrons. The zero-order valence-corrected chi connectivity index (χ0v) is 20.5. The Balaban J connectivity index is 1.87. The van der Waals surface area contributed by atoms with Gasteiger partial charge in [0.25, 0.3) is 0 Å². The molecule has 0 aliphatic carbocycles. The molecule has 1 saturated heterocycles. The van der Waals surface area contributed by atoms with E-state index < -0.39 is 0 Å². The zero-order valence-electron chi connectivity index (χ0n) is 18.1. The van der Waals surface area contributed by atoms with E-state index in [-0.39, 0.29) is 12.0 Å². The van der Waals surface area contributed by atoms with Gasteiger partial charge in [0.1, 0.15) is 10.4 Å². The summed E-state index contributed by atoms with van der Waals surface area (Å²) in [6.07, 6.45) is 4.58. The van der Waals surface area contributed by atoms with E-state index in [2.05, 4.69) is 63.8 Å². The lowest BCUT2D eigenvalue weighted by atomic mass is 9.86. The van der Waals surface area contributed by atoms with Gasteiger partial charge < -0.3 is 14.0 Å². The number of nitrogens with zero attached hydrogens (tertiary/aromatic N) is 2. The van der Waals surface area contributed by atoms with Crippen LogP contribution in [0.25, 0.3) is 21.3 Å². The Morgan fingerprint density at radius 3 is 2.75 bits per heavy atom. The lowest BCUT2D eigenvalue weighted by Gasteiger charge is -2.33. The fourth-order valence-electron chi connectivity index (χ4n) is 4.97. The van der Waals surface area contributed by atoms with Gasteiger partial charge in [0.2, 0.25) is 0 Å². The highest BCUT2D eigenvalue weighted by molar-refractivity contribution is 9.10. The van der Waals surface area contributed by atoms with Crippen LogP contribution < -0.4 is 0 Å². The summed E-state index contributed by atoms with van der Waals surface area (Å²) >= 11 is 5.13. The van der Waals surface area contributed by atoms with E-state index in [9.17, 15) is 4.79 Å². The first-order valence-electron chi connectivity index (χ1n) is 11.0. The second-order valence-corrected chi connectivity index (χ2v) is 10.1. The fraction of sp³-hybridized carbons (Fsp3) is 0.360. The lowest BCUT2D eigenvalue weighted by Crippen LogP contribution is -2.27. The molecule has 0 N–H and O–H groups in total. The molecule has 1 aliphatic heterocycles. The van der Waals surface area contributed by atoms with E-state index in [1.54, 1.807) is 0 Å². The van der Waals surface area contributed by atoms with Crippen molar-refractivity contribution in [3.05, 3.63) is 63.1 Å². The topological polar surface area (TPSA) is 53.3 Å². The first kappa shape index (κ1) is 21.6. The van der Waals surface area contributed by atoms with Crippen LogP contribution in [0, 0.1) is 5.92 Å². The Morgan fingerprint density at radius 2 is 2.06 bits per heavy atom. The number of halogens is 1. The van der Waals surface area contributed by atoms with Crippen molar-refractivity contribution in [3.63, 3.8) is 0 Å². The second-order valence-electron chi connectivity index (χ2n) is 8.13. The number of methoxy groups -OCH3 is 1. The minimum absolute atomic E-state index is 0.126. The maximum atomic E-state index is 12.6. The average molecular weight is 513 g/mol. The van der Waals surface area contributed by atoms with Crippen molar-refractivity contribution < 1.29 is 14.3 Å². The third-order valence-corrected chi connectivity index (χ3v) is 8.03. The summed E-state index contributed by atoms with van der Waals surface area (Å²) in [5.41, 5.74) is 5.45. The van der Waals surface area contributed by atoms with Crippen molar-refractivity contribution in [2.24, 2.45) is 5.92 Å². The SMILES string of the molecule is CCc1c(C(=O)OC)sc2c3ncc(Br)cc3n([C@H](c3ccccc3)C3CCOCC3)c12. The summed E-state index contributed by atoms with van der Waals surface area (Å²) in [4.78, 5) is 18.1. The molecule has 5 rings (SSSR count). The summed E-state index contributed by atoms with van der Waals surface area (Å²) in [6, 6.07) is 13.0. The summed E-state index contributed by atoms with van der Waals surface area (Å²) in [5, 5.41) is 0. The number of benzene rings is 1. The molecule has 0 radical (unpaired) electrons. The van der Waals surface area contributed by atoms with Crippen molar-refractivity contribution >= 4 is 54.5 Å². The molecule has 4 heterocycles. The molecule has 1 atom stereocenters. The van der Waals surface area contributed by atoms with Gasteiger partial charge in [0, 0.05) is 29.4 Å². The molecule has 1 aliphatic rings. The van der Waals surface area contributed by atoms with Crippen LogP contribution in [0.15, 0.2) is 47.1 Å². The first-order chi connectivity index (χ1) is 15.6. The number of esters is 1. The molecule has 5 nitrogen and oxygen atoms in total. The van der Waals surface area contributed by atoms with Crippen molar-refractivity contribution in [2.45, 2.75) is 32.2 Å². The zero-order chi connectivity index (χ0) is 22.2. The number of thiophene rings is 1. The fourth-order valence-corrected chi connectivity index (χ4v) is 6.59. The first-order valence-corrected chi connectivity index (χ1v) is 12.6. The van der Waals surface area contributed by atoms with Crippen molar-refractivity contribution in [3.8, 4) is 0 Å². The van der Waals surface area contributed by atoms with E-state index in [0.717, 1.165) is 63.8 Å². The number of aromatic nitrogens is 2. The lowest BCUT2D eigenvalue weighted by molar-refractivity contribution is 0.0552. The Bertz CT molecular complexity index is 1280. The van der Waals surface area contributed by atoms with E-state index in [4.69, 9.17) is 14.5 Å². The number of hydrogen-bond donors (Lipinski definition) is 0. The third kappa shape index (κ3) is 3.56. The number of rotatable bonds is 5. The predicted octanol–water partition coefficient (Wildman–Crippen LogP) is 6.38. The Hall–Kier alpha value is -2.22. The van der Waals surface area contributed by atoms with Crippen molar-refractivity contribution in [2.75, 3.05) is 20.3 Å². The van der Waals surface area contributed by atoms with Gasteiger partial charge in [0.05, 0.1) is 28.9 Å². The number of pyridine rings is 1. The molecule has 3 aromatic heterocycles. The molecule has 1 fully saturated rings. The number of carbonyl (C=O) groups excluding carboxylic acids is 1. The quantitative estimate of drug-likeness (QED) is 0.291. The molecular weight excluding hydrogens is 488 g/mol. The second kappa shape index (κ2) is 8.96. The summed E-state index contributed by atoms with van der Waals surface area (Å²) in [5.74, 6) is 0.150. The van der Waals surface area contributed by atoms with Crippen LogP contribution in [-0.4, -0.2) is 35.8 Å². The molecule has 0 bridgehead atoms. The van der Waals surface area contributed by atoms with Crippen molar-refractivity contribution in [1.29, 1.82) is 0 Å². The van der Waals surface area contributed by atoms with Crippen LogP contribution in [0.1, 0.15) is 46.6 Å².